The SMILES string of the molecule is CC(c1ccccc1)c1ccnc(-c2[c-]cc3oc4ccccc4c3c2)c1.Cc1c[c-]c(-c2ccc(C)cn2)cc1.[Ir]. The minimum atomic E-state index is 0. The van der Waals surface area contributed by atoms with Crippen molar-refractivity contribution in [3.05, 3.63) is 156 Å². The van der Waals surface area contributed by atoms with E-state index in [1.54, 1.807) is 0 Å². The Labute approximate surface area is 260 Å². The third-order valence-corrected chi connectivity index (χ3v) is 7.33. The van der Waals surface area contributed by atoms with E-state index < -0.39 is 0 Å². The number of hydrogen-bond acceptors (Lipinski definition) is 3. The van der Waals surface area contributed by atoms with Crippen LogP contribution in [0.5, 0.6) is 0 Å². The summed E-state index contributed by atoms with van der Waals surface area (Å²) in [6.07, 6.45) is 3.76. The van der Waals surface area contributed by atoms with Crippen molar-refractivity contribution >= 4 is 21.9 Å². The van der Waals surface area contributed by atoms with E-state index in [0.717, 1.165) is 44.5 Å². The van der Waals surface area contributed by atoms with Crippen LogP contribution in [-0.4, -0.2) is 9.97 Å². The van der Waals surface area contributed by atoms with Crippen LogP contribution < -0.4 is 0 Å². The molecule has 3 heterocycles. The smallest absolute Gasteiger partial charge is 0.120 e. The van der Waals surface area contributed by atoms with Gasteiger partial charge in [0.1, 0.15) is 5.58 Å². The second kappa shape index (κ2) is 13.1. The summed E-state index contributed by atoms with van der Waals surface area (Å²) in [4.78, 5) is 8.94. The normalized spacial score (nSPS) is 11.4. The van der Waals surface area contributed by atoms with Gasteiger partial charge in [-0.1, -0.05) is 86.0 Å². The second-order valence-corrected chi connectivity index (χ2v) is 10.3. The zero-order valence-electron chi connectivity index (χ0n) is 23.8. The molecular weight excluding hydrogens is 693 g/mol. The van der Waals surface area contributed by atoms with E-state index in [2.05, 4.69) is 96.6 Å². The Morgan fingerprint density at radius 1 is 0.619 bits per heavy atom. The van der Waals surface area contributed by atoms with Gasteiger partial charge in [0.2, 0.25) is 0 Å². The number of rotatable bonds is 4. The zero-order valence-corrected chi connectivity index (χ0v) is 26.2. The third-order valence-electron chi connectivity index (χ3n) is 7.33. The predicted molar refractivity (Wildman–Crippen MR) is 168 cm³/mol. The van der Waals surface area contributed by atoms with Crippen molar-refractivity contribution in [1.29, 1.82) is 0 Å². The Hall–Kier alpha value is -4.37. The Morgan fingerprint density at radius 2 is 1.38 bits per heavy atom. The fraction of sp³-hybridized carbons (Fsp3) is 0.105. The fourth-order valence-corrected chi connectivity index (χ4v) is 4.90. The number of hydrogen-bond donors (Lipinski definition) is 0. The molecule has 0 amide bonds. The van der Waals surface area contributed by atoms with Gasteiger partial charge in [-0.3, -0.25) is 0 Å². The molecule has 3 nitrogen and oxygen atoms in total. The van der Waals surface area contributed by atoms with Crippen LogP contribution in [-0.2, 0) is 20.1 Å². The molecule has 0 spiro atoms. The molecule has 0 N–H and O–H groups in total. The molecule has 1 radical (unpaired) electrons. The summed E-state index contributed by atoms with van der Waals surface area (Å²) in [7, 11) is 0. The zero-order chi connectivity index (χ0) is 28.2. The fourth-order valence-electron chi connectivity index (χ4n) is 4.90. The van der Waals surface area contributed by atoms with Crippen LogP contribution in [0.1, 0.15) is 35.1 Å². The van der Waals surface area contributed by atoms with Gasteiger partial charge < -0.3 is 14.4 Å². The first-order valence-corrected chi connectivity index (χ1v) is 13.8. The largest absolute Gasteiger partial charge is 0.500 e. The molecule has 0 aliphatic carbocycles. The molecule has 1 unspecified atom stereocenters. The van der Waals surface area contributed by atoms with Gasteiger partial charge in [-0.25, -0.2) is 0 Å². The number of pyridine rings is 2. The maximum Gasteiger partial charge on any atom is 0.120 e. The number of furan rings is 1. The monoisotopic (exact) mass is 723 g/mol. The molecule has 0 fully saturated rings. The third kappa shape index (κ3) is 6.41. The maximum absolute atomic E-state index is 5.91. The van der Waals surface area contributed by atoms with Gasteiger partial charge in [0.15, 0.2) is 0 Å². The van der Waals surface area contributed by atoms with Gasteiger partial charge in [-0.2, -0.15) is 0 Å². The molecule has 1 atom stereocenters. The molecule has 0 bridgehead atoms. The quantitative estimate of drug-likeness (QED) is 0.170. The summed E-state index contributed by atoms with van der Waals surface area (Å²) in [5, 5.41) is 2.22. The van der Waals surface area contributed by atoms with E-state index in [0.29, 0.717) is 5.92 Å². The van der Waals surface area contributed by atoms with Crippen molar-refractivity contribution in [3.8, 4) is 22.5 Å². The van der Waals surface area contributed by atoms with E-state index in [4.69, 9.17) is 4.42 Å². The molecule has 3 aromatic heterocycles. The molecule has 0 aliphatic heterocycles. The number of fused-ring (bicyclic) bond motifs is 3. The summed E-state index contributed by atoms with van der Waals surface area (Å²) in [5.74, 6) is 0.312. The molecule has 209 valence electrons. The van der Waals surface area contributed by atoms with Crippen molar-refractivity contribution < 1.29 is 24.5 Å². The Bertz CT molecular complexity index is 1870. The number of para-hydroxylation sites is 1. The molecule has 0 saturated heterocycles. The number of aromatic nitrogens is 2. The van der Waals surface area contributed by atoms with Crippen molar-refractivity contribution in [2.75, 3.05) is 0 Å². The Kier molecular flexibility index (Phi) is 9.07. The van der Waals surface area contributed by atoms with Gasteiger partial charge in [-0.15, -0.1) is 59.2 Å². The average molecular weight is 723 g/mol. The van der Waals surface area contributed by atoms with Crippen LogP contribution in [0.25, 0.3) is 44.5 Å². The molecule has 42 heavy (non-hydrogen) atoms. The minimum Gasteiger partial charge on any atom is -0.500 e. The summed E-state index contributed by atoms with van der Waals surface area (Å²) in [6, 6.07) is 43.7. The van der Waals surface area contributed by atoms with E-state index in [1.165, 1.54) is 22.3 Å². The second-order valence-electron chi connectivity index (χ2n) is 10.3. The summed E-state index contributed by atoms with van der Waals surface area (Å²) < 4.78 is 5.91. The van der Waals surface area contributed by atoms with Gasteiger partial charge in [0.05, 0.1) is 5.58 Å². The topological polar surface area (TPSA) is 38.9 Å². The molecule has 0 saturated carbocycles. The van der Waals surface area contributed by atoms with Crippen LogP contribution in [0, 0.1) is 26.0 Å². The number of nitrogens with zero attached hydrogens (tertiary/aromatic N) is 2. The predicted octanol–water partition coefficient (Wildman–Crippen LogP) is 9.76. The molecule has 7 rings (SSSR count). The molecule has 4 heteroatoms. The Balaban J connectivity index is 0.000000200. The van der Waals surface area contributed by atoms with Crippen LogP contribution in [0.4, 0.5) is 0 Å². The number of aryl methyl sites for hydroxylation is 2. The van der Waals surface area contributed by atoms with Crippen LogP contribution in [0.2, 0.25) is 0 Å². The first-order valence-electron chi connectivity index (χ1n) is 13.8. The summed E-state index contributed by atoms with van der Waals surface area (Å²) >= 11 is 0. The van der Waals surface area contributed by atoms with Crippen LogP contribution in [0.15, 0.2) is 126 Å². The van der Waals surface area contributed by atoms with Gasteiger partial charge >= 0.3 is 0 Å². The van der Waals surface area contributed by atoms with E-state index in [9.17, 15) is 0 Å². The first-order chi connectivity index (χ1) is 20.0. The standard InChI is InChI=1S/C25H18NO.C13H12N.Ir/c1-17(18-7-3-2-4-8-18)19-13-14-26-23(16-19)20-11-12-25-22(15-20)21-9-5-6-10-24(21)27-25;1-10-3-6-12(7-4-10)13-8-5-11(2)9-14-13;/h2-10,12-17H,1H3;3-6,8-9H,1-2H3;/q2*-1;. The van der Waals surface area contributed by atoms with E-state index in [1.807, 2.05) is 67.8 Å². The molecular formula is C38H30IrN2O-2. The summed E-state index contributed by atoms with van der Waals surface area (Å²) in [5.41, 5.74) is 10.7. The van der Waals surface area contributed by atoms with Crippen LogP contribution in [0.3, 0.4) is 0 Å². The average Bonchev–Trinajstić information content (AvgIpc) is 3.40. The van der Waals surface area contributed by atoms with Crippen molar-refractivity contribution in [2.24, 2.45) is 0 Å². The summed E-state index contributed by atoms with van der Waals surface area (Å²) in [6.45, 7) is 6.32. The maximum atomic E-state index is 5.91. The van der Waals surface area contributed by atoms with Crippen molar-refractivity contribution in [2.45, 2.75) is 26.7 Å². The van der Waals surface area contributed by atoms with Crippen LogP contribution >= 0.6 is 0 Å². The first kappa shape index (κ1) is 29.1. The van der Waals surface area contributed by atoms with Gasteiger partial charge in [-0.05, 0) is 47.1 Å². The van der Waals surface area contributed by atoms with E-state index >= 15 is 0 Å². The Morgan fingerprint density at radius 3 is 2.14 bits per heavy atom. The van der Waals surface area contributed by atoms with Crippen molar-refractivity contribution in [3.63, 3.8) is 0 Å². The molecule has 0 aliphatic rings. The van der Waals surface area contributed by atoms with Gasteiger partial charge in [0, 0.05) is 43.8 Å². The van der Waals surface area contributed by atoms with Gasteiger partial charge in [0.25, 0.3) is 0 Å². The molecule has 7 aromatic rings. The molecule has 4 aromatic carbocycles. The number of benzene rings is 4. The van der Waals surface area contributed by atoms with E-state index in [-0.39, 0.29) is 20.1 Å². The van der Waals surface area contributed by atoms with Crippen molar-refractivity contribution in [1.82, 2.24) is 9.97 Å². The minimum absolute atomic E-state index is 0.